The molecule has 1 fully saturated rings. The van der Waals surface area contributed by atoms with Crippen LogP contribution in [0.25, 0.3) is 0 Å². The standard InChI is InChI=1S/C7H11FO3/c1-11-6(9)7(10)4-2-3-5(7)8/h5,10H,2-4H2,1H3/t5-,7+/m1/s1. The number of rotatable bonds is 1. The fourth-order valence-corrected chi connectivity index (χ4v) is 1.35. The second-order valence-corrected chi connectivity index (χ2v) is 2.78. The second-order valence-electron chi connectivity index (χ2n) is 2.78. The van der Waals surface area contributed by atoms with Crippen LogP contribution >= 0.6 is 0 Å². The Morgan fingerprint density at radius 2 is 2.45 bits per heavy atom. The van der Waals surface area contributed by atoms with Gasteiger partial charge in [-0.15, -0.1) is 0 Å². The highest BCUT2D eigenvalue weighted by Gasteiger charge is 2.49. The van der Waals surface area contributed by atoms with Crippen molar-refractivity contribution in [3.63, 3.8) is 0 Å². The zero-order valence-electron chi connectivity index (χ0n) is 6.34. The Bertz CT molecular complexity index is 171. The summed E-state index contributed by atoms with van der Waals surface area (Å²) in [6.45, 7) is 0. The van der Waals surface area contributed by atoms with Crippen LogP contribution in [0.4, 0.5) is 4.39 Å². The van der Waals surface area contributed by atoms with E-state index in [1.807, 2.05) is 0 Å². The number of ether oxygens (including phenoxy) is 1. The summed E-state index contributed by atoms with van der Waals surface area (Å²) in [6.07, 6.45) is -0.519. The molecule has 1 rings (SSSR count). The quantitative estimate of drug-likeness (QED) is 0.568. The van der Waals surface area contributed by atoms with Gasteiger partial charge in [0.1, 0.15) is 6.17 Å². The Morgan fingerprint density at radius 1 is 1.82 bits per heavy atom. The van der Waals surface area contributed by atoms with E-state index in [4.69, 9.17) is 0 Å². The molecule has 2 atom stereocenters. The molecule has 0 aromatic heterocycles. The zero-order chi connectivity index (χ0) is 8.48. The molecule has 3 nitrogen and oxygen atoms in total. The number of aliphatic hydroxyl groups is 1. The van der Waals surface area contributed by atoms with Crippen LogP contribution < -0.4 is 0 Å². The van der Waals surface area contributed by atoms with E-state index in [0.717, 1.165) is 7.11 Å². The van der Waals surface area contributed by atoms with E-state index < -0.39 is 17.7 Å². The van der Waals surface area contributed by atoms with E-state index in [9.17, 15) is 14.3 Å². The van der Waals surface area contributed by atoms with Crippen LogP contribution in [0.1, 0.15) is 19.3 Å². The molecule has 64 valence electrons. The Kier molecular flexibility index (Phi) is 2.13. The van der Waals surface area contributed by atoms with Gasteiger partial charge in [-0.05, 0) is 19.3 Å². The molecule has 0 amide bonds. The molecular formula is C7H11FO3. The van der Waals surface area contributed by atoms with Gasteiger partial charge in [-0.3, -0.25) is 0 Å². The first kappa shape index (κ1) is 8.46. The van der Waals surface area contributed by atoms with Crippen LogP contribution in [-0.4, -0.2) is 30.0 Å². The largest absolute Gasteiger partial charge is 0.467 e. The summed E-state index contributed by atoms with van der Waals surface area (Å²) in [5, 5.41) is 9.38. The fourth-order valence-electron chi connectivity index (χ4n) is 1.35. The van der Waals surface area contributed by atoms with E-state index in [2.05, 4.69) is 4.74 Å². The fraction of sp³-hybridized carbons (Fsp3) is 0.857. The van der Waals surface area contributed by atoms with Gasteiger partial charge in [0.15, 0.2) is 5.60 Å². The highest BCUT2D eigenvalue weighted by molar-refractivity contribution is 5.80. The van der Waals surface area contributed by atoms with E-state index in [1.165, 1.54) is 0 Å². The van der Waals surface area contributed by atoms with E-state index in [0.29, 0.717) is 6.42 Å². The predicted octanol–water partition coefficient (Wildman–Crippen LogP) is 0.412. The van der Waals surface area contributed by atoms with Gasteiger partial charge in [0.2, 0.25) is 0 Å². The molecule has 0 aromatic carbocycles. The van der Waals surface area contributed by atoms with Crippen LogP contribution in [0.5, 0.6) is 0 Å². The maximum absolute atomic E-state index is 12.9. The van der Waals surface area contributed by atoms with Crippen LogP contribution in [0.15, 0.2) is 0 Å². The van der Waals surface area contributed by atoms with E-state index in [-0.39, 0.29) is 12.8 Å². The summed E-state index contributed by atoms with van der Waals surface area (Å²) in [5.41, 5.74) is -1.87. The SMILES string of the molecule is COC(=O)[C@]1(O)CCC[C@H]1F. The third kappa shape index (κ3) is 1.22. The molecule has 4 heteroatoms. The Morgan fingerprint density at radius 3 is 2.82 bits per heavy atom. The van der Waals surface area contributed by atoms with Gasteiger partial charge in [0.25, 0.3) is 0 Å². The maximum Gasteiger partial charge on any atom is 0.340 e. The molecule has 1 saturated carbocycles. The molecule has 0 spiro atoms. The van der Waals surface area contributed by atoms with Crippen LogP contribution in [0.3, 0.4) is 0 Å². The molecule has 1 N–H and O–H groups in total. The molecule has 1 aliphatic rings. The van der Waals surface area contributed by atoms with Gasteiger partial charge in [-0.25, -0.2) is 9.18 Å². The van der Waals surface area contributed by atoms with Crippen molar-refractivity contribution < 1.29 is 19.0 Å². The number of hydrogen-bond acceptors (Lipinski definition) is 3. The van der Waals surface area contributed by atoms with Crippen LogP contribution in [0, 0.1) is 0 Å². The van der Waals surface area contributed by atoms with Crippen LogP contribution in [0.2, 0.25) is 0 Å². The van der Waals surface area contributed by atoms with Gasteiger partial charge in [0, 0.05) is 0 Å². The van der Waals surface area contributed by atoms with Gasteiger partial charge < -0.3 is 9.84 Å². The first-order valence-corrected chi connectivity index (χ1v) is 3.56. The number of hydrogen-bond donors (Lipinski definition) is 1. The lowest BCUT2D eigenvalue weighted by atomic mass is 10.0. The second kappa shape index (κ2) is 2.77. The summed E-state index contributed by atoms with van der Waals surface area (Å²) in [5.74, 6) is -0.859. The maximum atomic E-state index is 12.9. The first-order valence-electron chi connectivity index (χ1n) is 3.56. The molecule has 0 bridgehead atoms. The number of carbonyl (C=O) groups excluding carboxylic acids is 1. The zero-order valence-corrected chi connectivity index (χ0v) is 6.34. The van der Waals surface area contributed by atoms with Gasteiger partial charge in [-0.1, -0.05) is 0 Å². The van der Waals surface area contributed by atoms with Crippen LogP contribution in [-0.2, 0) is 9.53 Å². The number of esters is 1. The molecule has 0 saturated heterocycles. The summed E-state index contributed by atoms with van der Waals surface area (Å²) < 4.78 is 17.1. The van der Waals surface area contributed by atoms with Crippen molar-refractivity contribution in [1.29, 1.82) is 0 Å². The average molecular weight is 162 g/mol. The van der Waals surface area contributed by atoms with E-state index >= 15 is 0 Å². The highest BCUT2D eigenvalue weighted by Crippen LogP contribution is 2.33. The molecule has 1 aliphatic carbocycles. The van der Waals surface area contributed by atoms with E-state index in [1.54, 1.807) is 0 Å². The normalized spacial score (nSPS) is 37.2. The minimum atomic E-state index is -1.87. The summed E-state index contributed by atoms with van der Waals surface area (Å²) in [4.78, 5) is 10.8. The van der Waals surface area contributed by atoms with Crippen molar-refractivity contribution in [2.45, 2.75) is 31.0 Å². The summed E-state index contributed by atoms with van der Waals surface area (Å²) >= 11 is 0. The van der Waals surface area contributed by atoms with Gasteiger partial charge in [0.05, 0.1) is 7.11 Å². The Hall–Kier alpha value is -0.640. The van der Waals surface area contributed by atoms with Gasteiger partial charge >= 0.3 is 5.97 Å². The van der Waals surface area contributed by atoms with Crippen molar-refractivity contribution in [3.05, 3.63) is 0 Å². The predicted molar refractivity (Wildman–Crippen MR) is 35.7 cm³/mol. The van der Waals surface area contributed by atoms with Crippen molar-refractivity contribution in [3.8, 4) is 0 Å². The Labute approximate surface area is 64.2 Å². The third-order valence-electron chi connectivity index (χ3n) is 2.07. The first-order chi connectivity index (χ1) is 5.11. The topological polar surface area (TPSA) is 46.5 Å². The average Bonchev–Trinajstić information content (AvgIpc) is 2.32. The third-order valence-corrected chi connectivity index (χ3v) is 2.07. The summed E-state index contributed by atoms with van der Waals surface area (Å²) in [7, 11) is 1.14. The lowest BCUT2D eigenvalue weighted by Crippen LogP contribution is -2.44. The van der Waals surface area contributed by atoms with Crippen molar-refractivity contribution in [2.75, 3.05) is 7.11 Å². The number of halogens is 1. The minimum absolute atomic E-state index is 0.167. The molecule has 0 radical (unpaired) electrons. The Balaban J connectivity index is 2.72. The number of carbonyl (C=O) groups is 1. The molecular weight excluding hydrogens is 151 g/mol. The minimum Gasteiger partial charge on any atom is -0.467 e. The lowest BCUT2D eigenvalue weighted by molar-refractivity contribution is -0.167. The number of alkyl halides is 1. The van der Waals surface area contributed by atoms with Crippen molar-refractivity contribution >= 4 is 5.97 Å². The molecule has 0 unspecified atom stereocenters. The van der Waals surface area contributed by atoms with Crippen molar-refractivity contribution in [1.82, 2.24) is 0 Å². The monoisotopic (exact) mass is 162 g/mol. The molecule has 0 aromatic rings. The number of methoxy groups -OCH3 is 1. The molecule has 0 heterocycles. The smallest absolute Gasteiger partial charge is 0.340 e. The van der Waals surface area contributed by atoms with Gasteiger partial charge in [-0.2, -0.15) is 0 Å². The molecule has 11 heavy (non-hydrogen) atoms. The molecule has 0 aliphatic heterocycles. The summed E-state index contributed by atoms with van der Waals surface area (Å²) in [6, 6.07) is 0. The lowest BCUT2D eigenvalue weighted by Gasteiger charge is -2.20. The van der Waals surface area contributed by atoms with Crippen molar-refractivity contribution in [2.24, 2.45) is 0 Å². The highest BCUT2D eigenvalue weighted by atomic mass is 19.1.